The van der Waals surface area contributed by atoms with Crippen molar-refractivity contribution >= 4 is 5.91 Å². The summed E-state index contributed by atoms with van der Waals surface area (Å²) in [4.78, 5) is 13.9. The van der Waals surface area contributed by atoms with Crippen molar-refractivity contribution in [3.63, 3.8) is 0 Å². The molecule has 4 heteroatoms. The third kappa shape index (κ3) is 2.37. The van der Waals surface area contributed by atoms with Crippen molar-refractivity contribution in [2.24, 2.45) is 7.05 Å². The van der Waals surface area contributed by atoms with Crippen molar-refractivity contribution in [2.45, 2.75) is 27.2 Å². The second-order valence-corrected chi connectivity index (χ2v) is 3.49. The number of nitrogens with zero attached hydrogens (tertiary/aromatic N) is 3. The number of rotatable bonds is 4. The second kappa shape index (κ2) is 4.96. The van der Waals surface area contributed by atoms with Gasteiger partial charge in [-0.25, -0.2) is 0 Å². The van der Waals surface area contributed by atoms with Gasteiger partial charge >= 0.3 is 0 Å². The predicted molar refractivity (Wildman–Crippen MR) is 59.8 cm³/mol. The fourth-order valence-corrected chi connectivity index (χ4v) is 1.66. The number of aryl methyl sites for hydroxylation is 2. The maximum absolute atomic E-state index is 12.1. The first kappa shape index (κ1) is 11.8. The lowest BCUT2D eigenvalue weighted by Crippen LogP contribution is -2.30. The molecule has 1 amide bonds. The van der Waals surface area contributed by atoms with Crippen molar-refractivity contribution in [1.29, 1.82) is 0 Å². The Labute approximate surface area is 90.9 Å². The molecule has 0 atom stereocenters. The highest BCUT2D eigenvalue weighted by Gasteiger charge is 2.18. The lowest BCUT2D eigenvalue weighted by atomic mass is 10.2. The number of aromatic nitrogens is 2. The second-order valence-electron chi connectivity index (χ2n) is 3.49. The Hall–Kier alpha value is -1.32. The lowest BCUT2D eigenvalue weighted by Gasteiger charge is -2.17. The van der Waals surface area contributed by atoms with Crippen molar-refractivity contribution in [2.75, 3.05) is 13.1 Å². The molecule has 0 fully saturated rings. The third-order valence-corrected chi connectivity index (χ3v) is 2.52. The Bertz CT molecular complexity index is 340. The molecular formula is C11H19N3O. The van der Waals surface area contributed by atoms with Gasteiger partial charge in [0.05, 0.1) is 11.3 Å². The van der Waals surface area contributed by atoms with Crippen LogP contribution in [0, 0.1) is 0 Å². The van der Waals surface area contributed by atoms with Gasteiger partial charge < -0.3 is 4.90 Å². The number of hydrogen-bond donors (Lipinski definition) is 0. The molecule has 0 aliphatic carbocycles. The van der Waals surface area contributed by atoms with Crippen LogP contribution >= 0.6 is 0 Å². The molecule has 4 nitrogen and oxygen atoms in total. The monoisotopic (exact) mass is 209 g/mol. The summed E-state index contributed by atoms with van der Waals surface area (Å²) >= 11 is 0. The van der Waals surface area contributed by atoms with Gasteiger partial charge in [-0.1, -0.05) is 6.92 Å². The molecule has 0 aromatic carbocycles. The maximum Gasteiger partial charge on any atom is 0.257 e. The molecule has 1 rings (SSSR count). The quantitative estimate of drug-likeness (QED) is 0.753. The van der Waals surface area contributed by atoms with Crippen LogP contribution in [0.4, 0.5) is 0 Å². The van der Waals surface area contributed by atoms with Crippen LogP contribution in [0.25, 0.3) is 0 Å². The Morgan fingerprint density at radius 1 is 1.40 bits per heavy atom. The van der Waals surface area contributed by atoms with Crippen molar-refractivity contribution in [3.8, 4) is 0 Å². The molecule has 1 heterocycles. The standard InChI is InChI=1S/C11H19N3O/c1-5-10-9(8-13(4)12-10)11(15)14(6-2)7-3/h8H,5-7H2,1-4H3. The molecule has 1 aromatic rings. The van der Waals surface area contributed by atoms with Crippen LogP contribution in [-0.2, 0) is 13.5 Å². The number of carbonyl (C=O) groups is 1. The van der Waals surface area contributed by atoms with E-state index in [1.54, 1.807) is 10.9 Å². The van der Waals surface area contributed by atoms with E-state index in [0.29, 0.717) is 0 Å². The number of hydrogen-bond acceptors (Lipinski definition) is 2. The van der Waals surface area contributed by atoms with E-state index < -0.39 is 0 Å². The molecule has 1 aromatic heterocycles. The smallest absolute Gasteiger partial charge is 0.257 e. The first-order chi connectivity index (χ1) is 7.13. The van der Waals surface area contributed by atoms with Crippen LogP contribution in [0.15, 0.2) is 6.20 Å². The van der Waals surface area contributed by atoms with Crippen LogP contribution < -0.4 is 0 Å². The Kier molecular flexibility index (Phi) is 3.88. The van der Waals surface area contributed by atoms with Gasteiger partial charge in [-0.2, -0.15) is 5.10 Å². The van der Waals surface area contributed by atoms with E-state index >= 15 is 0 Å². The van der Waals surface area contributed by atoms with Gasteiger partial charge in [-0.05, 0) is 20.3 Å². The van der Waals surface area contributed by atoms with E-state index in [9.17, 15) is 4.79 Å². The minimum Gasteiger partial charge on any atom is -0.339 e. The lowest BCUT2D eigenvalue weighted by molar-refractivity contribution is 0.0772. The topological polar surface area (TPSA) is 38.1 Å². The molecule has 0 aliphatic heterocycles. The molecule has 0 spiro atoms. The van der Waals surface area contributed by atoms with Gasteiger partial charge in [0.1, 0.15) is 0 Å². The summed E-state index contributed by atoms with van der Waals surface area (Å²) < 4.78 is 1.70. The van der Waals surface area contributed by atoms with Crippen molar-refractivity contribution in [3.05, 3.63) is 17.5 Å². The summed E-state index contributed by atoms with van der Waals surface area (Å²) in [6, 6.07) is 0. The maximum atomic E-state index is 12.1. The minimum atomic E-state index is 0.0879. The van der Waals surface area contributed by atoms with E-state index in [1.165, 1.54) is 0 Å². The Morgan fingerprint density at radius 3 is 2.47 bits per heavy atom. The summed E-state index contributed by atoms with van der Waals surface area (Å²) in [5.41, 5.74) is 1.62. The summed E-state index contributed by atoms with van der Waals surface area (Å²) in [7, 11) is 1.85. The first-order valence-corrected chi connectivity index (χ1v) is 5.45. The zero-order chi connectivity index (χ0) is 11.4. The van der Waals surface area contributed by atoms with Gasteiger partial charge in [0.15, 0.2) is 0 Å². The summed E-state index contributed by atoms with van der Waals surface area (Å²) in [6.07, 6.45) is 2.60. The number of carbonyl (C=O) groups excluding carboxylic acids is 1. The van der Waals surface area contributed by atoms with E-state index in [-0.39, 0.29) is 5.91 Å². The van der Waals surface area contributed by atoms with E-state index in [2.05, 4.69) is 5.10 Å². The molecule has 0 N–H and O–H groups in total. The molecule has 0 aliphatic rings. The normalized spacial score (nSPS) is 10.4. The van der Waals surface area contributed by atoms with Gasteiger partial charge in [0.2, 0.25) is 0 Å². The average molecular weight is 209 g/mol. The van der Waals surface area contributed by atoms with E-state index in [4.69, 9.17) is 0 Å². The molecule has 0 saturated carbocycles. The van der Waals surface area contributed by atoms with Crippen LogP contribution in [0.1, 0.15) is 36.8 Å². The zero-order valence-corrected chi connectivity index (χ0v) is 9.95. The highest BCUT2D eigenvalue weighted by atomic mass is 16.2. The van der Waals surface area contributed by atoms with Gasteiger partial charge in [0.25, 0.3) is 5.91 Å². The van der Waals surface area contributed by atoms with Crippen LogP contribution in [-0.4, -0.2) is 33.7 Å². The predicted octanol–water partition coefficient (Wildman–Crippen LogP) is 1.46. The Balaban J connectivity index is 2.98. The number of amides is 1. The first-order valence-electron chi connectivity index (χ1n) is 5.45. The molecule has 0 unspecified atom stereocenters. The van der Waals surface area contributed by atoms with E-state index in [1.807, 2.05) is 32.7 Å². The SMILES string of the molecule is CCc1nn(C)cc1C(=O)N(CC)CC. The molecule has 0 radical (unpaired) electrons. The largest absolute Gasteiger partial charge is 0.339 e. The average Bonchev–Trinajstić information content (AvgIpc) is 2.61. The van der Waals surface area contributed by atoms with Crippen LogP contribution in [0.3, 0.4) is 0 Å². The molecule has 84 valence electrons. The summed E-state index contributed by atoms with van der Waals surface area (Å²) in [5.74, 6) is 0.0879. The highest BCUT2D eigenvalue weighted by Crippen LogP contribution is 2.10. The van der Waals surface area contributed by atoms with Crippen LogP contribution in [0.2, 0.25) is 0 Å². The fourth-order valence-electron chi connectivity index (χ4n) is 1.66. The molecule has 0 bridgehead atoms. The zero-order valence-electron chi connectivity index (χ0n) is 9.95. The molecule has 15 heavy (non-hydrogen) atoms. The van der Waals surface area contributed by atoms with Gasteiger partial charge in [-0.15, -0.1) is 0 Å². The van der Waals surface area contributed by atoms with E-state index in [0.717, 1.165) is 30.8 Å². The highest BCUT2D eigenvalue weighted by molar-refractivity contribution is 5.95. The Morgan fingerprint density at radius 2 is 2.00 bits per heavy atom. The molecule has 0 saturated heterocycles. The third-order valence-electron chi connectivity index (χ3n) is 2.52. The minimum absolute atomic E-state index is 0.0879. The summed E-state index contributed by atoms with van der Waals surface area (Å²) in [6.45, 7) is 7.48. The van der Waals surface area contributed by atoms with Crippen molar-refractivity contribution < 1.29 is 4.79 Å². The fraction of sp³-hybridized carbons (Fsp3) is 0.636. The van der Waals surface area contributed by atoms with Crippen molar-refractivity contribution in [1.82, 2.24) is 14.7 Å². The van der Waals surface area contributed by atoms with Crippen LogP contribution in [0.5, 0.6) is 0 Å². The van der Waals surface area contributed by atoms with Gasteiger partial charge in [0, 0.05) is 26.3 Å². The van der Waals surface area contributed by atoms with Gasteiger partial charge in [-0.3, -0.25) is 9.48 Å². The summed E-state index contributed by atoms with van der Waals surface area (Å²) in [5, 5.41) is 4.27. The molecular weight excluding hydrogens is 190 g/mol.